The lowest BCUT2D eigenvalue weighted by Gasteiger charge is -2.33. The van der Waals surface area contributed by atoms with Crippen LogP contribution in [-0.4, -0.2) is 12.1 Å². The van der Waals surface area contributed by atoms with Crippen LogP contribution in [0.4, 0.5) is 0 Å². The normalized spacial score (nSPS) is 13.5. The maximum absolute atomic E-state index is 12.3. The standard InChI is InChI=1S/C32H44O2/c1-4-6-8-10-12-14-20-32(21-15-13-11-9-7-5-2)30-22-26(24-33)16-18-28(30)29-19-17-27(25(3)34)23-31(29)32/h16-19,22-24H,4-15,20-21H2,1-3H3. The first kappa shape index (κ1) is 26.4. The van der Waals surface area contributed by atoms with E-state index >= 15 is 0 Å². The number of fused-ring (bicyclic) bond motifs is 3. The molecule has 0 bridgehead atoms. The summed E-state index contributed by atoms with van der Waals surface area (Å²) in [5.41, 5.74) is 6.62. The van der Waals surface area contributed by atoms with E-state index in [-0.39, 0.29) is 11.2 Å². The Labute approximate surface area is 207 Å². The molecule has 1 aliphatic carbocycles. The molecule has 0 N–H and O–H groups in total. The summed E-state index contributed by atoms with van der Waals surface area (Å²) in [6.07, 6.45) is 18.4. The molecule has 2 aromatic rings. The second kappa shape index (κ2) is 13.0. The van der Waals surface area contributed by atoms with Crippen molar-refractivity contribution >= 4 is 12.1 Å². The fourth-order valence-electron chi connectivity index (χ4n) is 5.88. The Bertz CT molecular complexity index is 939. The molecule has 2 aromatic carbocycles. The van der Waals surface area contributed by atoms with Crippen molar-refractivity contribution in [2.24, 2.45) is 0 Å². The third-order valence-electron chi connectivity index (χ3n) is 7.84. The molecule has 0 fully saturated rings. The van der Waals surface area contributed by atoms with Crippen LogP contribution >= 0.6 is 0 Å². The largest absolute Gasteiger partial charge is 0.298 e. The average molecular weight is 461 g/mol. The van der Waals surface area contributed by atoms with Crippen molar-refractivity contribution in [1.82, 2.24) is 0 Å². The lowest BCUT2D eigenvalue weighted by Crippen LogP contribution is -2.26. The van der Waals surface area contributed by atoms with E-state index in [1.807, 2.05) is 12.1 Å². The number of unbranched alkanes of at least 4 members (excludes halogenated alkanes) is 10. The van der Waals surface area contributed by atoms with Gasteiger partial charge in [0, 0.05) is 16.5 Å². The number of benzene rings is 2. The van der Waals surface area contributed by atoms with E-state index in [1.54, 1.807) is 6.92 Å². The fourth-order valence-corrected chi connectivity index (χ4v) is 5.88. The summed E-state index contributed by atoms with van der Waals surface area (Å²) < 4.78 is 0. The molecule has 0 unspecified atom stereocenters. The molecule has 0 aromatic heterocycles. The van der Waals surface area contributed by atoms with Gasteiger partial charge in [-0.2, -0.15) is 0 Å². The van der Waals surface area contributed by atoms with Gasteiger partial charge in [0.15, 0.2) is 5.78 Å². The summed E-state index contributed by atoms with van der Waals surface area (Å²) in [5.74, 6) is 0.125. The number of carbonyl (C=O) groups excluding carboxylic acids is 2. The zero-order valence-corrected chi connectivity index (χ0v) is 21.8. The highest BCUT2D eigenvalue weighted by Crippen LogP contribution is 2.54. The molecular formula is C32H44O2. The third-order valence-corrected chi connectivity index (χ3v) is 7.84. The van der Waals surface area contributed by atoms with Crippen LogP contribution in [0.25, 0.3) is 11.1 Å². The molecule has 2 heteroatoms. The molecule has 3 rings (SSSR count). The van der Waals surface area contributed by atoms with Crippen molar-refractivity contribution < 1.29 is 9.59 Å². The number of carbonyl (C=O) groups is 2. The number of hydrogen-bond donors (Lipinski definition) is 0. The van der Waals surface area contributed by atoms with Crippen LogP contribution in [0.15, 0.2) is 36.4 Å². The second-order valence-electron chi connectivity index (χ2n) is 10.4. The maximum atomic E-state index is 12.3. The van der Waals surface area contributed by atoms with E-state index in [2.05, 4.69) is 38.1 Å². The summed E-state index contributed by atoms with van der Waals surface area (Å²) in [5, 5.41) is 0. The second-order valence-corrected chi connectivity index (χ2v) is 10.4. The Morgan fingerprint density at radius 3 is 1.74 bits per heavy atom. The highest BCUT2D eigenvalue weighted by atomic mass is 16.1. The number of ketones is 1. The summed E-state index contributed by atoms with van der Waals surface area (Å²) in [6, 6.07) is 12.5. The summed E-state index contributed by atoms with van der Waals surface area (Å²) in [7, 11) is 0. The van der Waals surface area contributed by atoms with Gasteiger partial charge in [0.05, 0.1) is 0 Å². The Balaban J connectivity index is 1.95. The highest BCUT2D eigenvalue weighted by Gasteiger charge is 2.42. The monoisotopic (exact) mass is 460 g/mol. The van der Waals surface area contributed by atoms with Crippen LogP contribution < -0.4 is 0 Å². The maximum Gasteiger partial charge on any atom is 0.159 e. The van der Waals surface area contributed by atoms with E-state index in [0.29, 0.717) is 0 Å². The number of rotatable bonds is 16. The molecule has 1 aliphatic rings. The minimum Gasteiger partial charge on any atom is -0.298 e. The van der Waals surface area contributed by atoms with Gasteiger partial charge in [-0.3, -0.25) is 9.59 Å². The lowest BCUT2D eigenvalue weighted by molar-refractivity contribution is 0.101. The van der Waals surface area contributed by atoms with Crippen molar-refractivity contribution in [2.75, 3.05) is 0 Å². The molecule has 0 amide bonds. The van der Waals surface area contributed by atoms with Crippen LogP contribution in [0.2, 0.25) is 0 Å². The molecule has 0 saturated heterocycles. The van der Waals surface area contributed by atoms with E-state index in [1.165, 1.54) is 99.3 Å². The molecule has 0 radical (unpaired) electrons. The number of hydrogen-bond acceptors (Lipinski definition) is 2. The summed E-state index contributed by atoms with van der Waals surface area (Å²) in [4.78, 5) is 24.0. The van der Waals surface area contributed by atoms with Gasteiger partial charge in [0.25, 0.3) is 0 Å². The zero-order valence-electron chi connectivity index (χ0n) is 21.8. The predicted molar refractivity (Wildman–Crippen MR) is 144 cm³/mol. The third kappa shape index (κ3) is 6.06. The Kier molecular flexibility index (Phi) is 10.1. The van der Waals surface area contributed by atoms with Gasteiger partial charge >= 0.3 is 0 Å². The van der Waals surface area contributed by atoms with Gasteiger partial charge in [-0.1, -0.05) is 115 Å². The Morgan fingerprint density at radius 1 is 0.706 bits per heavy atom. The number of aldehydes is 1. The first-order valence-corrected chi connectivity index (χ1v) is 13.8. The molecule has 0 atom stereocenters. The van der Waals surface area contributed by atoms with Crippen molar-refractivity contribution in [1.29, 1.82) is 0 Å². The topological polar surface area (TPSA) is 34.1 Å². The molecule has 0 aliphatic heterocycles. The first-order chi connectivity index (χ1) is 16.6. The lowest BCUT2D eigenvalue weighted by atomic mass is 9.70. The molecule has 0 heterocycles. The smallest absolute Gasteiger partial charge is 0.159 e. The van der Waals surface area contributed by atoms with Gasteiger partial charge in [0.2, 0.25) is 0 Å². The van der Waals surface area contributed by atoms with E-state index in [4.69, 9.17) is 0 Å². The van der Waals surface area contributed by atoms with Crippen LogP contribution in [0, 0.1) is 0 Å². The molecule has 184 valence electrons. The SMILES string of the molecule is CCCCCCCCC1(CCCCCCCC)c2cc(C=O)ccc2-c2ccc(C(C)=O)cc21. The zero-order chi connectivity index (χ0) is 24.4. The molecule has 34 heavy (non-hydrogen) atoms. The van der Waals surface area contributed by atoms with E-state index in [0.717, 1.165) is 30.3 Å². The van der Waals surface area contributed by atoms with Crippen molar-refractivity contribution in [3.63, 3.8) is 0 Å². The van der Waals surface area contributed by atoms with Crippen molar-refractivity contribution in [3.8, 4) is 11.1 Å². The predicted octanol–water partition coefficient (Wildman–Crippen LogP) is 9.47. The molecule has 2 nitrogen and oxygen atoms in total. The number of Topliss-reactive ketones (excluding diaryl/α,β-unsaturated/α-hetero) is 1. The Morgan fingerprint density at radius 2 is 1.21 bits per heavy atom. The summed E-state index contributed by atoms with van der Waals surface area (Å²) >= 11 is 0. The minimum absolute atomic E-state index is 0.0926. The quantitative estimate of drug-likeness (QED) is 0.142. The summed E-state index contributed by atoms with van der Waals surface area (Å²) in [6.45, 7) is 6.19. The van der Waals surface area contributed by atoms with Crippen LogP contribution in [0.3, 0.4) is 0 Å². The van der Waals surface area contributed by atoms with Gasteiger partial charge in [-0.25, -0.2) is 0 Å². The van der Waals surface area contributed by atoms with Gasteiger partial charge in [-0.15, -0.1) is 0 Å². The van der Waals surface area contributed by atoms with Crippen LogP contribution in [0.5, 0.6) is 0 Å². The van der Waals surface area contributed by atoms with Crippen molar-refractivity contribution in [2.45, 2.75) is 116 Å². The van der Waals surface area contributed by atoms with E-state index in [9.17, 15) is 9.59 Å². The van der Waals surface area contributed by atoms with Crippen molar-refractivity contribution in [3.05, 3.63) is 58.7 Å². The van der Waals surface area contributed by atoms with Gasteiger partial charge in [-0.05, 0) is 54.2 Å². The van der Waals surface area contributed by atoms with Crippen LogP contribution in [-0.2, 0) is 5.41 Å². The molecule has 0 saturated carbocycles. The van der Waals surface area contributed by atoms with E-state index < -0.39 is 0 Å². The molecule has 0 spiro atoms. The fraction of sp³-hybridized carbons (Fsp3) is 0.562. The highest BCUT2D eigenvalue weighted by molar-refractivity contribution is 5.96. The Hall–Kier alpha value is -2.22. The molecular weight excluding hydrogens is 416 g/mol. The minimum atomic E-state index is -0.0926. The van der Waals surface area contributed by atoms with Gasteiger partial charge < -0.3 is 0 Å². The average Bonchev–Trinajstić information content (AvgIpc) is 3.12. The first-order valence-electron chi connectivity index (χ1n) is 13.8. The van der Waals surface area contributed by atoms with Crippen LogP contribution in [0.1, 0.15) is 143 Å². The van der Waals surface area contributed by atoms with Gasteiger partial charge in [0.1, 0.15) is 6.29 Å².